The molecule has 0 spiro atoms. The first-order chi connectivity index (χ1) is 15.1. The normalized spacial score (nSPS) is 12.8. The van der Waals surface area contributed by atoms with Gasteiger partial charge >= 0.3 is 0 Å². The van der Waals surface area contributed by atoms with Gasteiger partial charge < -0.3 is 0 Å². The maximum atomic E-state index is 14.3. The van der Waals surface area contributed by atoms with Gasteiger partial charge in [0.05, 0.1) is 21.0 Å². The van der Waals surface area contributed by atoms with Crippen LogP contribution in [0.1, 0.15) is 31.8 Å². The van der Waals surface area contributed by atoms with Crippen molar-refractivity contribution in [2.75, 3.05) is 0 Å². The Hall–Kier alpha value is -3.83. The van der Waals surface area contributed by atoms with E-state index in [9.17, 15) is 13.8 Å². The predicted octanol–water partition coefficient (Wildman–Crippen LogP) is 5.68. The molecule has 1 aliphatic rings. The van der Waals surface area contributed by atoms with Crippen LogP contribution in [0.2, 0.25) is 0 Å². The highest BCUT2D eigenvalue weighted by atomic mass is 32.2. The van der Waals surface area contributed by atoms with E-state index in [1.54, 1.807) is 91.0 Å². The summed E-state index contributed by atoms with van der Waals surface area (Å²) in [7, 11) is -3.09. The first kappa shape index (κ1) is 19.2. The molecule has 4 nitrogen and oxygen atoms in total. The molecule has 0 bridgehead atoms. The van der Waals surface area contributed by atoms with Crippen molar-refractivity contribution in [2.24, 2.45) is 4.36 Å². The fourth-order valence-corrected chi connectivity index (χ4v) is 5.76. The molecular formula is C26H17NO3S. The molecule has 5 heteroatoms. The van der Waals surface area contributed by atoms with E-state index in [-0.39, 0.29) is 28.4 Å². The van der Waals surface area contributed by atoms with Crippen molar-refractivity contribution >= 4 is 27.0 Å². The van der Waals surface area contributed by atoms with E-state index in [1.807, 2.05) is 12.1 Å². The molecule has 0 unspecified atom stereocenters. The Morgan fingerprint density at radius 3 is 1.58 bits per heavy atom. The molecule has 0 aliphatic heterocycles. The molecule has 0 saturated carbocycles. The topological polar surface area (TPSA) is 63.6 Å². The van der Waals surface area contributed by atoms with Crippen molar-refractivity contribution < 1.29 is 13.8 Å². The maximum absolute atomic E-state index is 14.3. The van der Waals surface area contributed by atoms with Gasteiger partial charge in [-0.15, -0.1) is 0 Å². The lowest BCUT2D eigenvalue weighted by Gasteiger charge is -2.19. The average Bonchev–Trinajstić information content (AvgIpc) is 2.83. The number of nitrogens with zero attached hydrogens (tertiary/aromatic N) is 1. The van der Waals surface area contributed by atoms with Crippen LogP contribution in [0.4, 0.5) is 5.69 Å². The first-order valence-electron chi connectivity index (χ1n) is 9.78. The van der Waals surface area contributed by atoms with Crippen LogP contribution in [-0.4, -0.2) is 15.8 Å². The molecule has 0 fully saturated rings. The number of benzene rings is 4. The first-order valence-corrected chi connectivity index (χ1v) is 11.3. The lowest BCUT2D eigenvalue weighted by atomic mass is 9.83. The van der Waals surface area contributed by atoms with Crippen LogP contribution < -0.4 is 0 Å². The third kappa shape index (κ3) is 3.10. The number of rotatable bonds is 3. The van der Waals surface area contributed by atoms with Gasteiger partial charge in [-0.1, -0.05) is 72.8 Å². The van der Waals surface area contributed by atoms with Gasteiger partial charge in [0, 0.05) is 16.7 Å². The second-order valence-corrected chi connectivity index (χ2v) is 9.32. The number of fused-ring (bicyclic) bond motifs is 2. The molecular weight excluding hydrogens is 406 g/mol. The van der Waals surface area contributed by atoms with Crippen molar-refractivity contribution in [3.8, 4) is 0 Å². The Kier molecular flexibility index (Phi) is 4.60. The van der Waals surface area contributed by atoms with Crippen molar-refractivity contribution in [3.63, 3.8) is 0 Å². The van der Waals surface area contributed by atoms with Crippen LogP contribution in [0.15, 0.2) is 117 Å². The standard InChI is InChI=1S/C26H17NO3S/c28-25-20-14-7-8-15-21(20)26(29)24-22(25)16-9-17-23(24)27-31(30,18-10-3-1-4-11-18)19-12-5-2-6-13-19/h1-17H. The predicted molar refractivity (Wildman–Crippen MR) is 119 cm³/mol. The molecule has 150 valence electrons. The highest BCUT2D eigenvalue weighted by Crippen LogP contribution is 2.36. The molecule has 0 aromatic heterocycles. The second kappa shape index (κ2) is 7.45. The molecule has 4 aromatic rings. The SMILES string of the molecule is O=C1c2ccccc2C(=O)c2c(N=S(=O)(c3ccccc3)c3ccccc3)cccc21. The van der Waals surface area contributed by atoms with Crippen LogP contribution in [0.25, 0.3) is 0 Å². The summed E-state index contributed by atoms with van der Waals surface area (Å²) in [5.41, 5.74) is 1.46. The minimum Gasteiger partial charge on any atom is -0.289 e. The molecule has 5 rings (SSSR count). The molecule has 0 atom stereocenters. The number of hydrogen-bond donors (Lipinski definition) is 0. The van der Waals surface area contributed by atoms with Crippen LogP contribution in [-0.2, 0) is 9.73 Å². The fraction of sp³-hybridized carbons (Fsp3) is 0. The van der Waals surface area contributed by atoms with Gasteiger partial charge in [0.15, 0.2) is 11.6 Å². The Balaban J connectivity index is 1.81. The summed E-state index contributed by atoms with van der Waals surface area (Å²) < 4.78 is 19.0. The molecule has 0 heterocycles. The summed E-state index contributed by atoms with van der Waals surface area (Å²) in [5, 5.41) is 0. The minimum atomic E-state index is -3.09. The monoisotopic (exact) mass is 423 g/mol. The van der Waals surface area contributed by atoms with Crippen LogP contribution >= 0.6 is 0 Å². The number of hydrogen-bond acceptors (Lipinski definition) is 4. The number of carbonyl (C=O) groups excluding carboxylic acids is 2. The van der Waals surface area contributed by atoms with Crippen molar-refractivity contribution in [3.05, 3.63) is 125 Å². The maximum Gasteiger partial charge on any atom is 0.196 e. The molecule has 0 N–H and O–H groups in total. The fourth-order valence-electron chi connectivity index (χ4n) is 3.79. The summed E-state index contributed by atoms with van der Waals surface area (Å²) in [4.78, 5) is 27.4. The summed E-state index contributed by atoms with van der Waals surface area (Å²) in [5.74, 6) is -0.513. The zero-order valence-electron chi connectivity index (χ0n) is 16.4. The lowest BCUT2D eigenvalue weighted by Crippen LogP contribution is -2.21. The zero-order chi connectivity index (χ0) is 21.4. The number of carbonyl (C=O) groups is 2. The Labute approximate surface area is 180 Å². The van der Waals surface area contributed by atoms with Crippen LogP contribution in [0.5, 0.6) is 0 Å². The third-order valence-electron chi connectivity index (χ3n) is 5.28. The Bertz CT molecular complexity index is 1410. The summed E-state index contributed by atoms with van der Waals surface area (Å²) in [6.07, 6.45) is 0. The second-order valence-electron chi connectivity index (χ2n) is 7.15. The lowest BCUT2D eigenvalue weighted by molar-refractivity contribution is 0.0979. The summed E-state index contributed by atoms with van der Waals surface area (Å²) in [6, 6.07) is 29.6. The van der Waals surface area contributed by atoms with E-state index in [2.05, 4.69) is 4.36 Å². The highest BCUT2D eigenvalue weighted by Gasteiger charge is 2.32. The van der Waals surface area contributed by atoms with Gasteiger partial charge in [0.1, 0.15) is 9.73 Å². The highest BCUT2D eigenvalue weighted by molar-refractivity contribution is 7.93. The average molecular weight is 423 g/mol. The van der Waals surface area contributed by atoms with Gasteiger partial charge in [-0.2, -0.15) is 4.36 Å². The molecule has 0 radical (unpaired) electrons. The van der Waals surface area contributed by atoms with Gasteiger partial charge in [-0.25, -0.2) is 4.21 Å². The van der Waals surface area contributed by atoms with E-state index in [1.165, 1.54) is 0 Å². The third-order valence-corrected chi connectivity index (χ3v) is 7.56. The van der Waals surface area contributed by atoms with E-state index < -0.39 is 9.73 Å². The smallest absolute Gasteiger partial charge is 0.196 e. The number of ketones is 2. The Morgan fingerprint density at radius 1 is 0.516 bits per heavy atom. The molecule has 4 aromatic carbocycles. The van der Waals surface area contributed by atoms with Gasteiger partial charge in [-0.05, 0) is 30.3 Å². The minimum absolute atomic E-state index is 0.200. The zero-order valence-corrected chi connectivity index (χ0v) is 17.2. The molecule has 0 saturated heterocycles. The summed E-state index contributed by atoms with van der Waals surface area (Å²) in [6.45, 7) is 0. The molecule has 31 heavy (non-hydrogen) atoms. The van der Waals surface area contributed by atoms with E-state index in [4.69, 9.17) is 0 Å². The van der Waals surface area contributed by atoms with Gasteiger partial charge in [-0.3, -0.25) is 9.59 Å². The molecule has 0 amide bonds. The summed E-state index contributed by atoms with van der Waals surface area (Å²) >= 11 is 0. The Morgan fingerprint density at radius 2 is 1.00 bits per heavy atom. The van der Waals surface area contributed by atoms with Crippen molar-refractivity contribution in [1.82, 2.24) is 0 Å². The van der Waals surface area contributed by atoms with Gasteiger partial charge in [0.2, 0.25) is 0 Å². The van der Waals surface area contributed by atoms with E-state index in [0.29, 0.717) is 20.9 Å². The van der Waals surface area contributed by atoms with Gasteiger partial charge in [0.25, 0.3) is 0 Å². The van der Waals surface area contributed by atoms with E-state index in [0.717, 1.165) is 0 Å². The van der Waals surface area contributed by atoms with Crippen molar-refractivity contribution in [1.29, 1.82) is 0 Å². The van der Waals surface area contributed by atoms with Crippen LogP contribution in [0, 0.1) is 0 Å². The molecule has 1 aliphatic carbocycles. The van der Waals surface area contributed by atoms with E-state index >= 15 is 0 Å². The quantitative estimate of drug-likeness (QED) is 0.375. The van der Waals surface area contributed by atoms with Crippen molar-refractivity contribution in [2.45, 2.75) is 9.79 Å². The largest absolute Gasteiger partial charge is 0.289 e. The van der Waals surface area contributed by atoms with Crippen LogP contribution in [0.3, 0.4) is 0 Å².